The summed E-state index contributed by atoms with van der Waals surface area (Å²) >= 11 is 12.7. The summed E-state index contributed by atoms with van der Waals surface area (Å²) in [6.07, 6.45) is 6.15. The highest BCUT2D eigenvalue weighted by Crippen LogP contribution is 2.52. The average molecular weight is 486 g/mol. The predicted octanol–water partition coefficient (Wildman–Crippen LogP) is 7.59. The molecule has 0 radical (unpaired) electrons. The van der Waals surface area contributed by atoms with Gasteiger partial charge in [0.25, 0.3) is 0 Å². The average Bonchev–Trinajstić information content (AvgIpc) is 3.33. The van der Waals surface area contributed by atoms with E-state index in [4.69, 9.17) is 27.9 Å². The number of benzene rings is 2. The van der Waals surface area contributed by atoms with Crippen LogP contribution in [0.25, 0.3) is 0 Å². The number of piperidine rings is 1. The fourth-order valence-electron chi connectivity index (χ4n) is 5.80. The number of ether oxygens (including phenoxy) is 1. The van der Waals surface area contributed by atoms with Crippen molar-refractivity contribution < 1.29 is 9.53 Å². The van der Waals surface area contributed by atoms with Gasteiger partial charge < -0.3 is 9.64 Å². The molecule has 0 N–H and O–H groups in total. The van der Waals surface area contributed by atoms with E-state index in [1.165, 1.54) is 0 Å². The van der Waals surface area contributed by atoms with Crippen LogP contribution in [0.5, 0.6) is 0 Å². The molecule has 0 aromatic heterocycles. The van der Waals surface area contributed by atoms with Crippen LogP contribution in [-0.4, -0.2) is 29.6 Å². The van der Waals surface area contributed by atoms with Gasteiger partial charge in [0, 0.05) is 22.6 Å². The Labute approximate surface area is 207 Å². The zero-order valence-electron chi connectivity index (χ0n) is 19.5. The molecule has 1 amide bonds. The van der Waals surface area contributed by atoms with Crippen LogP contribution in [0.4, 0.5) is 0 Å². The van der Waals surface area contributed by atoms with Crippen LogP contribution in [0.2, 0.25) is 10.0 Å². The van der Waals surface area contributed by atoms with Crippen LogP contribution in [0.1, 0.15) is 69.0 Å². The molecule has 2 aliphatic rings. The number of likely N-dealkylation sites (tertiary alicyclic amines) is 1. The van der Waals surface area contributed by atoms with Crippen LogP contribution in [-0.2, 0) is 9.53 Å². The molecule has 0 bridgehead atoms. The van der Waals surface area contributed by atoms with Gasteiger partial charge in [-0.25, -0.2) is 0 Å². The van der Waals surface area contributed by atoms with E-state index in [-0.39, 0.29) is 30.0 Å². The maximum absolute atomic E-state index is 14.3. The van der Waals surface area contributed by atoms with Gasteiger partial charge in [0.05, 0.1) is 23.6 Å². The summed E-state index contributed by atoms with van der Waals surface area (Å²) in [5.74, 6) is 0.269. The Bertz CT molecular complexity index is 986. The molecule has 176 valence electrons. The molecular weight excluding hydrogens is 453 g/mol. The van der Waals surface area contributed by atoms with E-state index in [1.54, 1.807) is 0 Å². The lowest BCUT2D eigenvalue weighted by atomic mass is 9.66. The molecule has 33 heavy (non-hydrogen) atoms. The molecule has 2 aromatic rings. The summed E-state index contributed by atoms with van der Waals surface area (Å²) in [6, 6.07) is 15.9. The topological polar surface area (TPSA) is 29.5 Å². The van der Waals surface area contributed by atoms with Gasteiger partial charge in [-0.05, 0) is 67.5 Å². The molecule has 5 atom stereocenters. The van der Waals surface area contributed by atoms with Crippen molar-refractivity contribution >= 4 is 29.1 Å². The van der Waals surface area contributed by atoms with Crippen molar-refractivity contribution in [2.75, 3.05) is 6.61 Å². The zero-order chi connectivity index (χ0) is 23.6. The number of hydrogen-bond acceptors (Lipinski definition) is 2. The van der Waals surface area contributed by atoms with E-state index in [9.17, 15) is 4.79 Å². The highest BCUT2D eigenvalue weighted by molar-refractivity contribution is 6.30. The summed E-state index contributed by atoms with van der Waals surface area (Å²) in [6.45, 7) is 8.97. The van der Waals surface area contributed by atoms with Crippen molar-refractivity contribution in [1.82, 2.24) is 4.90 Å². The van der Waals surface area contributed by atoms with Crippen molar-refractivity contribution in [2.45, 2.75) is 70.1 Å². The number of carbonyl (C=O) groups excluding carboxylic acids is 1. The standard InChI is InChI=1S/C28H33Cl2NO2/c1-4-15-28(3)18-23(20-8-6-9-22(30)17-20)26(19-11-13-21(29)14-12-19)31(27(28)32)24(5-2)25-10-7-16-33-25/h4,6,8-9,11-14,17,23-26H,1,5,7,10,15-16,18H2,2-3H3/t23-,24+,25+,26-,28+/m1/s1. The number of halogens is 2. The number of allylic oxidation sites excluding steroid dienone is 1. The van der Waals surface area contributed by atoms with Crippen LogP contribution < -0.4 is 0 Å². The molecule has 2 aliphatic heterocycles. The molecule has 2 heterocycles. The summed E-state index contributed by atoms with van der Waals surface area (Å²) < 4.78 is 6.14. The smallest absolute Gasteiger partial charge is 0.229 e. The maximum atomic E-state index is 14.3. The van der Waals surface area contributed by atoms with Gasteiger partial charge in [0.1, 0.15) is 0 Å². The third-order valence-electron chi connectivity index (χ3n) is 7.35. The van der Waals surface area contributed by atoms with Crippen molar-refractivity contribution in [3.05, 3.63) is 82.4 Å². The van der Waals surface area contributed by atoms with Crippen molar-refractivity contribution in [2.24, 2.45) is 5.41 Å². The number of carbonyl (C=O) groups is 1. The van der Waals surface area contributed by atoms with Gasteiger partial charge in [-0.15, -0.1) is 6.58 Å². The fourth-order valence-corrected chi connectivity index (χ4v) is 6.12. The molecule has 2 saturated heterocycles. The second kappa shape index (κ2) is 10.2. The lowest BCUT2D eigenvalue weighted by molar-refractivity contribution is -0.158. The van der Waals surface area contributed by atoms with Gasteiger partial charge in [-0.2, -0.15) is 0 Å². The minimum atomic E-state index is -0.538. The SMILES string of the molecule is C=CC[C@@]1(C)C[C@H](c2cccc(Cl)c2)[C@@H](c2ccc(Cl)cc2)N([C@@H](CC)[C@@H]2CCCO2)C1=O. The number of hydrogen-bond donors (Lipinski definition) is 0. The first-order valence-corrected chi connectivity index (χ1v) is 12.7. The molecule has 0 spiro atoms. The highest BCUT2D eigenvalue weighted by Gasteiger charge is 2.52. The Morgan fingerprint density at radius 2 is 1.94 bits per heavy atom. The van der Waals surface area contributed by atoms with E-state index in [0.29, 0.717) is 16.5 Å². The second-order valence-electron chi connectivity index (χ2n) is 9.65. The Balaban J connectivity index is 1.89. The molecule has 0 aliphatic carbocycles. The first kappa shape index (κ1) is 24.3. The summed E-state index contributed by atoms with van der Waals surface area (Å²) in [5, 5.41) is 1.40. The number of nitrogens with zero attached hydrogens (tertiary/aromatic N) is 1. The molecule has 3 nitrogen and oxygen atoms in total. The Hall–Kier alpha value is -1.81. The molecule has 2 fully saturated rings. The molecule has 4 rings (SSSR count). The van der Waals surface area contributed by atoms with E-state index >= 15 is 0 Å². The van der Waals surface area contributed by atoms with Gasteiger partial charge in [-0.3, -0.25) is 4.79 Å². The lowest BCUT2D eigenvalue weighted by Gasteiger charge is -2.53. The van der Waals surface area contributed by atoms with Gasteiger partial charge >= 0.3 is 0 Å². The first-order valence-electron chi connectivity index (χ1n) is 11.9. The third-order valence-corrected chi connectivity index (χ3v) is 7.84. The van der Waals surface area contributed by atoms with Gasteiger partial charge in [-0.1, -0.05) is 67.4 Å². The fraction of sp³-hybridized carbons (Fsp3) is 0.464. The predicted molar refractivity (Wildman–Crippen MR) is 136 cm³/mol. The van der Waals surface area contributed by atoms with Crippen molar-refractivity contribution in [3.8, 4) is 0 Å². The van der Waals surface area contributed by atoms with E-state index in [2.05, 4.69) is 43.5 Å². The zero-order valence-corrected chi connectivity index (χ0v) is 21.0. The first-order chi connectivity index (χ1) is 15.9. The minimum Gasteiger partial charge on any atom is -0.376 e. The Kier molecular flexibility index (Phi) is 7.53. The molecule has 0 saturated carbocycles. The molecule has 2 aromatic carbocycles. The third kappa shape index (κ3) is 4.87. The quantitative estimate of drug-likeness (QED) is 0.378. The number of rotatable bonds is 7. The van der Waals surface area contributed by atoms with Gasteiger partial charge in [0.15, 0.2) is 0 Å². The lowest BCUT2D eigenvalue weighted by Crippen LogP contribution is -2.58. The maximum Gasteiger partial charge on any atom is 0.229 e. The van der Waals surface area contributed by atoms with Crippen molar-refractivity contribution in [3.63, 3.8) is 0 Å². The largest absolute Gasteiger partial charge is 0.376 e. The Morgan fingerprint density at radius 3 is 2.55 bits per heavy atom. The van der Waals surface area contributed by atoms with Crippen molar-refractivity contribution in [1.29, 1.82) is 0 Å². The van der Waals surface area contributed by atoms with Crippen LogP contribution in [0, 0.1) is 5.41 Å². The van der Waals surface area contributed by atoms with E-state index in [1.807, 2.05) is 36.4 Å². The summed E-state index contributed by atoms with van der Waals surface area (Å²) in [5.41, 5.74) is 1.70. The summed E-state index contributed by atoms with van der Waals surface area (Å²) in [7, 11) is 0. The minimum absolute atomic E-state index is 0.00630. The molecule has 0 unspecified atom stereocenters. The van der Waals surface area contributed by atoms with Crippen LogP contribution >= 0.6 is 23.2 Å². The van der Waals surface area contributed by atoms with Crippen LogP contribution in [0.15, 0.2) is 61.2 Å². The Morgan fingerprint density at radius 1 is 1.18 bits per heavy atom. The van der Waals surface area contributed by atoms with Crippen LogP contribution in [0.3, 0.4) is 0 Å². The molecule has 5 heteroatoms. The summed E-state index contributed by atoms with van der Waals surface area (Å²) in [4.78, 5) is 16.4. The normalized spacial score (nSPS) is 28.7. The van der Waals surface area contributed by atoms with Gasteiger partial charge in [0.2, 0.25) is 5.91 Å². The van der Waals surface area contributed by atoms with E-state index < -0.39 is 5.41 Å². The number of amides is 1. The monoisotopic (exact) mass is 485 g/mol. The highest BCUT2D eigenvalue weighted by atomic mass is 35.5. The second-order valence-corrected chi connectivity index (χ2v) is 10.5. The molecular formula is C28H33Cl2NO2. The van der Waals surface area contributed by atoms with E-state index in [0.717, 1.165) is 43.4 Å².